The van der Waals surface area contributed by atoms with Crippen molar-refractivity contribution in [1.29, 1.82) is 0 Å². The maximum atomic E-state index is 5.86. The van der Waals surface area contributed by atoms with Crippen molar-refractivity contribution in [2.75, 3.05) is 32.7 Å². The normalized spacial score (nSPS) is 19.9. The number of nitrogens with zero attached hydrogens (tertiary/aromatic N) is 1. The largest absolute Gasteiger partial charge is 0.330 e. The van der Waals surface area contributed by atoms with Gasteiger partial charge in [-0.05, 0) is 56.4 Å². The summed E-state index contributed by atoms with van der Waals surface area (Å²) >= 11 is 0. The highest BCUT2D eigenvalue weighted by Gasteiger charge is 2.31. The quantitative estimate of drug-likeness (QED) is 0.823. The fraction of sp³-hybridized carbons (Fsp3) is 0.600. The number of hydrogen-bond acceptors (Lipinski definition) is 3. The average Bonchev–Trinajstić information content (AvgIpc) is 2.47. The Morgan fingerprint density at radius 1 is 1.00 bits per heavy atom. The summed E-state index contributed by atoms with van der Waals surface area (Å²) in [6, 6.07) is 10.7. The van der Waals surface area contributed by atoms with E-state index < -0.39 is 0 Å². The highest BCUT2D eigenvalue weighted by atomic mass is 15.1. The van der Waals surface area contributed by atoms with Crippen LogP contribution in [-0.4, -0.2) is 37.6 Å². The molecule has 4 N–H and O–H groups in total. The van der Waals surface area contributed by atoms with E-state index in [2.05, 4.69) is 35.2 Å². The lowest BCUT2D eigenvalue weighted by atomic mass is 9.78. The molecule has 0 atom stereocenters. The first-order valence-electron chi connectivity index (χ1n) is 6.94. The standard InChI is InChI=1S/C15H25N3/c16-12-15(13-17)7-10-18(11-8-15)9-6-14-4-2-1-3-5-14/h1-5H,6-13,16-17H2. The second kappa shape index (κ2) is 6.32. The van der Waals surface area contributed by atoms with Gasteiger partial charge in [-0.15, -0.1) is 0 Å². The molecule has 3 nitrogen and oxygen atoms in total. The number of nitrogens with two attached hydrogens (primary N) is 2. The van der Waals surface area contributed by atoms with E-state index in [0.717, 1.165) is 52.0 Å². The lowest BCUT2D eigenvalue weighted by Gasteiger charge is -2.40. The zero-order chi connectivity index (χ0) is 12.8. The third kappa shape index (κ3) is 3.31. The van der Waals surface area contributed by atoms with Crippen LogP contribution in [0.25, 0.3) is 0 Å². The highest BCUT2D eigenvalue weighted by molar-refractivity contribution is 5.14. The van der Waals surface area contributed by atoms with Crippen LogP contribution in [-0.2, 0) is 6.42 Å². The molecule has 1 fully saturated rings. The molecule has 0 aliphatic carbocycles. The van der Waals surface area contributed by atoms with E-state index in [1.807, 2.05) is 0 Å². The van der Waals surface area contributed by atoms with Gasteiger partial charge in [0.1, 0.15) is 0 Å². The maximum Gasteiger partial charge on any atom is 0.00218 e. The van der Waals surface area contributed by atoms with Crippen LogP contribution in [0.2, 0.25) is 0 Å². The summed E-state index contributed by atoms with van der Waals surface area (Å²) < 4.78 is 0. The van der Waals surface area contributed by atoms with Gasteiger partial charge in [0.05, 0.1) is 0 Å². The molecule has 1 aliphatic rings. The number of likely N-dealkylation sites (tertiary alicyclic amines) is 1. The van der Waals surface area contributed by atoms with Crippen molar-refractivity contribution >= 4 is 0 Å². The van der Waals surface area contributed by atoms with Crippen LogP contribution in [0.5, 0.6) is 0 Å². The lowest BCUT2D eigenvalue weighted by molar-refractivity contribution is 0.117. The van der Waals surface area contributed by atoms with E-state index in [9.17, 15) is 0 Å². The molecular formula is C15H25N3. The van der Waals surface area contributed by atoms with Gasteiger partial charge >= 0.3 is 0 Å². The average molecular weight is 247 g/mol. The fourth-order valence-corrected chi connectivity index (χ4v) is 2.67. The zero-order valence-electron chi connectivity index (χ0n) is 11.1. The fourth-order valence-electron chi connectivity index (χ4n) is 2.67. The number of hydrogen-bond donors (Lipinski definition) is 2. The van der Waals surface area contributed by atoms with Crippen LogP contribution < -0.4 is 11.5 Å². The molecule has 1 heterocycles. The van der Waals surface area contributed by atoms with E-state index in [1.165, 1.54) is 5.56 Å². The van der Waals surface area contributed by atoms with E-state index in [1.54, 1.807) is 0 Å². The molecule has 0 radical (unpaired) electrons. The lowest BCUT2D eigenvalue weighted by Crippen LogP contribution is -2.48. The van der Waals surface area contributed by atoms with Crippen LogP contribution >= 0.6 is 0 Å². The highest BCUT2D eigenvalue weighted by Crippen LogP contribution is 2.28. The van der Waals surface area contributed by atoms with Crippen molar-refractivity contribution in [2.24, 2.45) is 16.9 Å². The topological polar surface area (TPSA) is 55.3 Å². The molecule has 1 aromatic rings. The van der Waals surface area contributed by atoms with E-state index in [4.69, 9.17) is 11.5 Å². The molecule has 0 bridgehead atoms. The minimum Gasteiger partial charge on any atom is -0.330 e. The molecule has 0 aromatic heterocycles. The number of piperidine rings is 1. The van der Waals surface area contributed by atoms with Crippen LogP contribution in [0.15, 0.2) is 30.3 Å². The Bertz CT molecular complexity index is 336. The summed E-state index contributed by atoms with van der Waals surface area (Å²) in [5.41, 5.74) is 13.4. The molecule has 1 aliphatic heterocycles. The smallest absolute Gasteiger partial charge is 0.00218 e. The third-order valence-electron chi connectivity index (χ3n) is 4.34. The Hall–Kier alpha value is -0.900. The number of rotatable bonds is 5. The van der Waals surface area contributed by atoms with Crippen molar-refractivity contribution in [3.8, 4) is 0 Å². The van der Waals surface area contributed by atoms with Crippen LogP contribution in [0.4, 0.5) is 0 Å². The molecule has 100 valence electrons. The van der Waals surface area contributed by atoms with Crippen LogP contribution in [0.1, 0.15) is 18.4 Å². The Balaban J connectivity index is 1.77. The molecule has 0 spiro atoms. The van der Waals surface area contributed by atoms with Gasteiger partial charge in [0.25, 0.3) is 0 Å². The Morgan fingerprint density at radius 3 is 2.17 bits per heavy atom. The number of benzene rings is 1. The van der Waals surface area contributed by atoms with Gasteiger partial charge in [-0.2, -0.15) is 0 Å². The molecule has 1 aromatic carbocycles. The minimum atomic E-state index is 0.212. The first-order chi connectivity index (χ1) is 8.78. The summed E-state index contributed by atoms with van der Waals surface area (Å²) in [6.07, 6.45) is 3.43. The van der Waals surface area contributed by atoms with Crippen LogP contribution in [0.3, 0.4) is 0 Å². The van der Waals surface area contributed by atoms with Crippen molar-refractivity contribution in [1.82, 2.24) is 4.90 Å². The predicted octanol–water partition coefficient (Wildman–Crippen LogP) is 1.23. The molecule has 0 amide bonds. The summed E-state index contributed by atoms with van der Waals surface area (Å²) in [4.78, 5) is 2.54. The van der Waals surface area contributed by atoms with Gasteiger partial charge in [-0.1, -0.05) is 30.3 Å². The van der Waals surface area contributed by atoms with Crippen molar-refractivity contribution < 1.29 is 0 Å². The van der Waals surface area contributed by atoms with E-state index >= 15 is 0 Å². The second-order valence-electron chi connectivity index (χ2n) is 5.49. The summed E-state index contributed by atoms with van der Waals surface area (Å²) in [5.74, 6) is 0. The van der Waals surface area contributed by atoms with Gasteiger partial charge in [-0.25, -0.2) is 0 Å². The molecule has 0 saturated carbocycles. The van der Waals surface area contributed by atoms with Gasteiger partial charge in [0.15, 0.2) is 0 Å². The first-order valence-corrected chi connectivity index (χ1v) is 6.94. The van der Waals surface area contributed by atoms with Gasteiger partial charge in [-0.3, -0.25) is 0 Å². The second-order valence-corrected chi connectivity index (χ2v) is 5.49. The summed E-state index contributed by atoms with van der Waals surface area (Å²) in [5, 5.41) is 0. The molecule has 3 heteroatoms. The Morgan fingerprint density at radius 2 is 1.61 bits per heavy atom. The zero-order valence-corrected chi connectivity index (χ0v) is 11.1. The van der Waals surface area contributed by atoms with Crippen LogP contribution in [0, 0.1) is 5.41 Å². The van der Waals surface area contributed by atoms with E-state index in [-0.39, 0.29) is 5.41 Å². The van der Waals surface area contributed by atoms with Crippen molar-refractivity contribution in [3.05, 3.63) is 35.9 Å². The molecule has 18 heavy (non-hydrogen) atoms. The van der Waals surface area contributed by atoms with E-state index in [0.29, 0.717) is 0 Å². The minimum absolute atomic E-state index is 0.212. The van der Waals surface area contributed by atoms with Gasteiger partial charge in [0.2, 0.25) is 0 Å². The van der Waals surface area contributed by atoms with Gasteiger partial charge in [0, 0.05) is 6.54 Å². The Labute approximate surface area is 110 Å². The molecule has 2 rings (SSSR count). The summed E-state index contributed by atoms with van der Waals surface area (Å²) in [6.45, 7) is 4.89. The van der Waals surface area contributed by atoms with Crippen molar-refractivity contribution in [2.45, 2.75) is 19.3 Å². The summed E-state index contributed by atoms with van der Waals surface area (Å²) in [7, 11) is 0. The first kappa shape index (κ1) is 13.5. The molecular weight excluding hydrogens is 222 g/mol. The van der Waals surface area contributed by atoms with Gasteiger partial charge < -0.3 is 16.4 Å². The predicted molar refractivity (Wildman–Crippen MR) is 76.4 cm³/mol. The monoisotopic (exact) mass is 247 g/mol. The maximum absolute atomic E-state index is 5.86. The van der Waals surface area contributed by atoms with Crippen molar-refractivity contribution in [3.63, 3.8) is 0 Å². The Kier molecular flexibility index (Phi) is 4.75. The molecule has 1 saturated heterocycles. The SMILES string of the molecule is NCC1(CN)CCN(CCc2ccccc2)CC1. The molecule has 0 unspecified atom stereocenters. The third-order valence-corrected chi connectivity index (χ3v) is 4.34.